The fourth-order valence-electron chi connectivity index (χ4n) is 1.30. The lowest BCUT2D eigenvalue weighted by Gasteiger charge is -2.33. The lowest BCUT2D eigenvalue weighted by molar-refractivity contribution is 0.0556. The van der Waals surface area contributed by atoms with Gasteiger partial charge in [0.05, 0.1) is 13.2 Å². The van der Waals surface area contributed by atoms with Gasteiger partial charge in [0.2, 0.25) is 0 Å². The molecule has 0 saturated heterocycles. The molecule has 0 radical (unpaired) electrons. The molecule has 0 spiro atoms. The maximum Gasteiger partial charge on any atom is 0.0587 e. The molecule has 1 atom stereocenters. The Morgan fingerprint density at radius 1 is 1.21 bits per heavy atom. The van der Waals surface area contributed by atoms with Crippen LogP contribution in [0.2, 0.25) is 0 Å². The van der Waals surface area contributed by atoms with Crippen molar-refractivity contribution in [1.82, 2.24) is 5.32 Å². The molecule has 0 aromatic rings. The predicted octanol–water partition coefficient (Wildman–Crippen LogP) is 1.53. The summed E-state index contributed by atoms with van der Waals surface area (Å²) in [5, 5.41) is 3.39. The molecule has 0 aliphatic rings. The Hall–Kier alpha value is -0.120. The Labute approximate surface area is 88.2 Å². The largest absolute Gasteiger partial charge is 0.384 e. The average molecular weight is 203 g/mol. The molecule has 0 aromatic heterocycles. The van der Waals surface area contributed by atoms with Crippen molar-refractivity contribution in [2.24, 2.45) is 11.3 Å². The third kappa shape index (κ3) is 4.94. The van der Waals surface area contributed by atoms with Gasteiger partial charge in [-0.05, 0) is 5.92 Å². The molecule has 0 aliphatic carbocycles. The normalized spacial score (nSPS) is 15.9. The van der Waals surface area contributed by atoms with Gasteiger partial charge in [0.25, 0.3) is 0 Å². The monoisotopic (exact) mass is 203 g/mol. The van der Waals surface area contributed by atoms with Crippen molar-refractivity contribution in [3.8, 4) is 0 Å². The Kier molecular flexibility index (Phi) is 7.15. The van der Waals surface area contributed by atoms with Gasteiger partial charge in [-0.25, -0.2) is 0 Å². The minimum Gasteiger partial charge on any atom is -0.384 e. The van der Waals surface area contributed by atoms with Crippen LogP contribution in [0, 0.1) is 11.3 Å². The fraction of sp³-hybridized carbons (Fsp3) is 1.00. The first-order valence-corrected chi connectivity index (χ1v) is 5.25. The molecular formula is C11H25NO2. The number of methoxy groups -OCH3 is 2. The van der Waals surface area contributed by atoms with E-state index >= 15 is 0 Å². The molecular weight excluding hydrogens is 178 g/mol. The van der Waals surface area contributed by atoms with E-state index in [1.807, 2.05) is 0 Å². The average Bonchev–Trinajstić information content (AvgIpc) is 2.13. The molecule has 86 valence electrons. The van der Waals surface area contributed by atoms with Crippen LogP contribution in [0.1, 0.15) is 20.8 Å². The molecule has 3 heteroatoms. The summed E-state index contributed by atoms with van der Waals surface area (Å²) in [6.07, 6.45) is 0. The van der Waals surface area contributed by atoms with E-state index in [-0.39, 0.29) is 5.41 Å². The van der Waals surface area contributed by atoms with Gasteiger partial charge in [-0.1, -0.05) is 20.8 Å². The smallest absolute Gasteiger partial charge is 0.0587 e. The van der Waals surface area contributed by atoms with Crippen molar-refractivity contribution >= 4 is 0 Å². The first-order valence-electron chi connectivity index (χ1n) is 5.25. The second kappa shape index (κ2) is 7.21. The van der Waals surface area contributed by atoms with E-state index in [0.717, 1.165) is 26.3 Å². The summed E-state index contributed by atoms with van der Waals surface area (Å²) >= 11 is 0. The van der Waals surface area contributed by atoms with Gasteiger partial charge in [0.15, 0.2) is 0 Å². The quantitative estimate of drug-likeness (QED) is 0.607. The van der Waals surface area contributed by atoms with Crippen LogP contribution in [-0.2, 0) is 9.47 Å². The number of hydrogen-bond donors (Lipinski definition) is 1. The van der Waals surface area contributed by atoms with E-state index in [1.54, 1.807) is 14.2 Å². The van der Waals surface area contributed by atoms with E-state index < -0.39 is 0 Å². The van der Waals surface area contributed by atoms with Gasteiger partial charge in [-0.15, -0.1) is 0 Å². The Bertz CT molecular complexity index is 139. The van der Waals surface area contributed by atoms with Crippen LogP contribution >= 0.6 is 0 Å². The van der Waals surface area contributed by atoms with E-state index in [2.05, 4.69) is 26.1 Å². The molecule has 0 bridgehead atoms. The molecule has 14 heavy (non-hydrogen) atoms. The maximum absolute atomic E-state index is 5.25. The highest BCUT2D eigenvalue weighted by atomic mass is 16.5. The third-order valence-corrected chi connectivity index (χ3v) is 2.88. The zero-order chi connectivity index (χ0) is 11.0. The van der Waals surface area contributed by atoms with Crippen molar-refractivity contribution in [3.05, 3.63) is 0 Å². The number of hydrogen-bond acceptors (Lipinski definition) is 3. The summed E-state index contributed by atoms with van der Waals surface area (Å²) < 4.78 is 10.2. The molecule has 0 saturated carbocycles. The molecule has 1 unspecified atom stereocenters. The highest BCUT2D eigenvalue weighted by Gasteiger charge is 2.27. The first-order chi connectivity index (χ1) is 6.56. The highest BCUT2D eigenvalue weighted by molar-refractivity contribution is 4.79. The minimum atomic E-state index is 0.211. The van der Waals surface area contributed by atoms with Crippen LogP contribution in [0.15, 0.2) is 0 Å². The van der Waals surface area contributed by atoms with Crippen LogP contribution in [-0.4, -0.2) is 40.5 Å². The van der Waals surface area contributed by atoms with E-state index in [9.17, 15) is 0 Å². The Morgan fingerprint density at radius 3 is 2.29 bits per heavy atom. The van der Waals surface area contributed by atoms with Crippen LogP contribution in [0.3, 0.4) is 0 Å². The van der Waals surface area contributed by atoms with Gasteiger partial charge in [-0.3, -0.25) is 0 Å². The lowest BCUT2D eigenvalue weighted by atomic mass is 9.80. The minimum absolute atomic E-state index is 0.211. The fourth-order valence-corrected chi connectivity index (χ4v) is 1.30. The molecule has 3 nitrogen and oxygen atoms in total. The standard InChI is InChI=1S/C11H25NO2/c1-10(2)11(3,9-14-5)8-12-6-7-13-4/h10,12H,6-9H2,1-5H3. The van der Waals surface area contributed by atoms with Crippen LogP contribution in [0.5, 0.6) is 0 Å². The van der Waals surface area contributed by atoms with E-state index in [4.69, 9.17) is 9.47 Å². The SMILES string of the molecule is COCCNCC(C)(COC)C(C)C. The van der Waals surface area contributed by atoms with E-state index in [1.165, 1.54) is 0 Å². The van der Waals surface area contributed by atoms with Crippen LogP contribution in [0.25, 0.3) is 0 Å². The molecule has 0 fully saturated rings. The highest BCUT2D eigenvalue weighted by Crippen LogP contribution is 2.26. The number of rotatable bonds is 8. The molecule has 1 N–H and O–H groups in total. The molecule has 0 aliphatic heterocycles. The Balaban J connectivity index is 3.84. The summed E-state index contributed by atoms with van der Waals surface area (Å²) in [4.78, 5) is 0. The molecule has 0 heterocycles. The van der Waals surface area contributed by atoms with E-state index in [0.29, 0.717) is 5.92 Å². The zero-order valence-electron chi connectivity index (χ0n) is 10.2. The van der Waals surface area contributed by atoms with Crippen molar-refractivity contribution in [1.29, 1.82) is 0 Å². The first kappa shape index (κ1) is 13.9. The lowest BCUT2D eigenvalue weighted by Crippen LogP contribution is -2.40. The zero-order valence-corrected chi connectivity index (χ0v) is 10.2. The summed E-state index contributed by atoms with van der Waals surface area (Å²) in [5.41, 5.74) is 0.211. The molecule has 0 rings (SSSR count). The Morgan fingerprint density at radius 2 is 1.86 bits per heavy atom. The predicted molar refractivity (Wildman–Crippen MR) is 59.6 cm³/mol. The van der Waals surface area contributed by atoms with Crippen molar-refractivity contribution < 1.29 is 9.47 Å². The van der Waals surface area contributed by atoms with Gasteiger partial charge >= 0.3 is 0 Å². The van der Waals surface area contributed by atoms with Crippen molar-refractivity contribution in [2.45, 2.75) is 20.8 Å². The summed E-state index contributed by atoms with van der Waals surface area (Å²) in [6, 6.07) is 0. The third-order valence-electron chi connectivity index (χ3n) is 2.88. The summed E-state index contributed by atoms with van der Waals surface area (Å²) in [7, 11) is 3.48. The summed E-state index contributed by atoms with van der Waals surface area (Å²) in [5.74, 6) is 0.609. The summed E-state index contributed by atoms with van der Waals surface area (Å²) in [6.45, 7) is 10.2. The number of ether oxygens (including phenoxy) is 2. The van der Waals surface area contributed by atoms with Crippen molar-refractivity contribution in [2.75, 3.05) is 40.5 Å². The number of nitrogens with one attached hydrogen (secondary N) is 1. The van der Waals surface area contributed by atoms with Crippen LogP contribution in [0.4, 0.5) is 0 Å². The van der Waals surface area contributed by atoms with Gasteiger partial charge in [0, 0.05) is 32.7 Å². The second-order valence-corrected chi connectivity index (χ2v) is 4.41. The van der Waals surface area contributed by atoms with Crippen molar-refractivity contribution in [3.63, 3.8) is 0 Å². The second-order valence-electron chi connectivity index (χ2n) is 4.41. The molecule has 0 aromatic carbocycles. The van der Waals surface area contributed by atoms with Gasteiger partial charge < -0.3 is 14.8 Å². The topological polar surface area (TPSA) is 30.5 Å². The van der Waals surface area contributed by atoms with Gasteiger partial charge in [-0.2, -0.15) is 0 Å². The van der Waals surface area contributed by atoms with Crippen LogP contribution < -0.4 is 5.32 Å². The maximum atomic E-state index is 5.25. The molecule has 0 amide bonds. The van der Waals surface area contributed by atoms with Gasteiger partial charge in [0.1, 0.15) is 0 Å².